The molecule has 1 heterocycles. The molecule has 1 aromatic carbocycles. The molecule has 106 valence electrons. The maximum absolute atomic E-state index is 13.2. The van der Waals surface area contributed by atoms with Crippen molar-refractivity contribution < 1.29 is 8.91 Å². The number of benzene rings is 1. The van der Waals surface area contributed by atoms with Crippen molar-refractivity contribution in [2.45, 2.75) is 37.6 Å². The Balaban J connectivity index is 1.91. The Hall–Kier alpha value is -1.46. The van der Waals surface area contributed by atoms with E-state index in [1.165, 1.54) is 18.6 Å². The standard InChI is InChI=1S/C14H15ClFN3O/c15-10-8-9(4-5-11(10)16)12-18-13(20-19-12)14(17)6-2-1-3-7-14/h4-5,8H,1-3,6-7,17H2. The molecule has 2 N–H and O–H groups in total. The van der Waals surface area contributed by atoms with Crippen LogP contribution in [0.4, 0.5) is 4.39 Å². The average Bonchev–Trinajstić information content (AvgIpc) is 2.93. The predicted molar refractivity (Wildman–Crippen MR) is 73.7 cm³/mol. The highest BCUT2D eigenvalue weighted by molar-refractivity contribution is 6.31. The van der Waals surface area contributed by atoms with E-state index in [0.29, 0.717) is 17.3 Å². The van der Waals surface area contributed by atoms with Gasteiger partial charge in [0.2, 0.25) is 11.7 Å². The van der Waals surface area contributed by atoms with Gasteiger partial charge < -0.3 is 10.3 Å². The van der Waals surface area contributed by atoms with Gasteiger partial charge in [-0.3, -0.25) is 0 Å². The van der Waals surface area contributed by atoms with E-state index in [2.05, 4.69) is 10.1 Å². The quantitative estimate of drug-likeness (QED) is 0.918. The van der Waals surface area contributed by atoms with Crippen LogP contribution in [0, 0.1) is 5.82 Å². The summed E-state index contributed by atoms with van der Waals surface area (Å²) in [5, 5.41) is 3.97. The monoisotopic (exact) mass is 295 g/mol. The Kier molecular flexibility index (Phi) is 3.48. The summed E-state index contributed by atoms with van der Waals surface area (Å²) in [6, 6.07) is 4.34. The van der Waals surface area contributed by atoms with Gasteiger partial charge in [0.05, 0.1) is 10.6 Å². The van der Waals surface area contributed by atoms with Gasteiger partial charge in [-0.2, -0.15) is 4.98 Å². The molecule has 1 fully saturated rings. The zero-order valence-electron chi connectivity index (χ0n) is 10.9. The summed E-state index contributed by atoms with van der Waals surface area (Å²) in [6.07, 6.45) is 5.01. The lowest BCUT2D eigenvalue weighted by Crippen LogP contribution is -2.38. The number of hydrogen-bond donors (Lipinski definition) is 1. The molecule has 0 aliphatic heterocycles. The zero-order valence-corrected chi connectivity index (χ0v) is 11.7. The first kappa shape index (κ1) is 13.5. The van der Waals surface area contributed by atoms with Gasteiger partial charge in [-0.1, -0.05) is 36.0 Å². The maximum atomic E-state index is 13.2. The molecular weight excluding hydrogens is 281 g/mol. The highest BCUT2D eigenvalue weighted by Gasteiger charge is 2.35. The third kappa shape index (κ3) is 2.43. The smallest absolute Gasteiger partial charge is 0.247 e. The van der Waals surface area contributed by atoms with Gasteiger partial charge in [0.15, 0.2) is 0 Å². The molecule has 20 heavy (non-hydrogen) atoms. The molecule has 1 saturated carbocycles. The van der Waals surface area contributed by atoms with Gasteiger partial charge in [-0.05, 0) is 31.0 Å². The van der Waals surface area contributed by atoms with Crippen LogP contribution in [0.15, 0.2) is 22.7 Å². The second kappa shape index (κ2) is 5.14. The number of nitrogens with zero attached hydrogens (tertiary/aromatic N) is 2. The minimum atomic E-state index is -0.534. The number of hydrogen-bond acceptors (Lipinski definition) is 4. The van der Waals surface area contributed by atoms with E-state index in [0.717, 1.165) is 25.7 Å². The second-order valence-electron chi connectivity index (χ2n) is 5.27. The largest absolute Gasteiger partial charge is 0.337 e. The minimum Gasteiger partial charge on any atom is -0.337 e. The summed E-state index contributed by atoms with van der Waals surface area (Å²) >= 11 is 5.76. The fraction of sp³-hybridized carbons (Fsp3) is 0.429. The van der Waals surface area contributed by atoms with Crippen LogP contribution in [-0.4, -0.2) is 10.1 Å². The van der Waals surface area contributed by atoms with Crippen LogP contribution < -0.4 is 5.73 Å². The van der Waals surface area contributed by atoms with E-state index in [1.54, 1.807) is 6.07 Å². The van der Waals surface area contributed by atoms with Gasteiger partial charge in [-0.25, -0.2) is 4.39 Å². The molecule has 0 unspecified atom stereocenters. The number of nitrogens with two attached hydrogens (primary N) is 1. The van der Waals surface area contributed by atoms with Crippen molar-refractivity contribution in [2.24, 2.45) is 5.73 Å². The molecule has 3 rings (SSSR count). The lowest BCUT2D eigenvalue weighted by atomic mass is 9.82. The van der Waals surface area contributed by atoms with Gasteiger partial charge in [0, 0.05) is 5.56 Å². The van der Waals surface area contributed by atoms with Crippen LogP contribution >= 0.6 is 11.6 Å². The first-order valence-electron chi connectivity index (χ1n) is 6.67. The fourth-order valence-corrected chi connectivity index (χ4v) is 2.76. The number of rotatable bonds is 2. The highest BCUT2D eigenvalue weighted by atomic mass is 35.5. The molecule has 0 bridgehead atoms. The Labute approximate surface area is 121 Å². The fourth-order valence-electron chi connectivity index (χ4n) is 2.57. The Morgan fingerprint density at radius 3 is 2.70 bits per heavy atom. The number of aromatic nitrogens is 2. The van der Waals surface area contributed by atoms with E-state index >= 15 is 0 Å². The summed E-state index contributed by atoms with van der Waals surface area (Å²) in [5.41, 5.74) is 6.43. The summed E-state index contributed by atoms with van der Waals surface area (Å²) in [6.45, 7) is 0. The van der Waals surface area contributed by atoms with Crippen molar-refractivity contribution in [1.82, 2.24) is 10.1 Å². The Morgan fingerprint density at radius 1 is 1.25 bits per heavy atom. The molecule has 0 atom stereocenters. The van der Waals surface area contributed by atoms with E-state index in [9.17, 15) is 4.39 Å². The van der Waals surface area contributed by atoms with Crippen LogP contribution in [-0.2, 0) is 5.54 Å². The molecule has 6 heteroatoms. The molecule has 0 amide bonds. The summed E-state index contributed by atoms with van der Waals surface area (Å²) in [7, 11) is 0. The normalized spacial score (nSPS) is 18.1. The summed E-state index contributed by atoms with van der Waals surface area (Å²) < 4.78 is 18.5. The molecule has 0 spiro atoms. The van der Waals surface area contributed by atoms with Crippen molar-refractivity contribution in [3.63, 3.8) is 0 Å². The topological polar surface area (TPSA) is 64.9 Å². The van der Waals surface area contributed by atoms with Gasteiger partial charge in [-0.15, -0.1) is 0 Å². The molecule has 2 aromatic rings. The van der Waals surface area contributed by atoms with Gasteiger partial charge >= 0.3 is 0 Å². The van der Waals surface area contributed by atoms with Gasteiger partial charge in [0.25, 0.3) is 0 Å². The van der Waals surface area contributed by atoms with E-state index in [4.69, 9.17) is 21.9 Å². The molecule has 1 aromatic heterocycles. The minimum absolute atomic E-state index is 0.0361. The Bertz CT molecular complexity index is 623. The van der Waals surface area contributed by atoms with Crippen LogP contribution in [0.25, 0.3) is 11.4 Å². The summed E-state index contributed by atoms with van der Waals surface area (Å²) in [5.74, 6) is 0.367. The van der Waals surface area contributed by atoms with Crippen LogP contribution in [0.1, 0.15) is 38.0 Å². The van der Waals surface area contributed by atoms with Crippen molar-refractivity contribution in [2.75, 3.05) is 0 Å². The van der Waals surface area contributed by atoms with Crippen LogP contribution in [0.5, 0.6) is 0 Å². The SMILES string of the molecule is NC1(c2nc(-c3ccc(F)c(Cl)c3)no2)CCCCC1. The molecule has 4 nitrogen and oxygen atoms in total. The average molecular weight is 296 g/mol. The predicted octanol–water partition coefficient (Wildman–Crippen LogP) is 3.65. The molecular formula is C14H15ClFN3O. The molecule has 1 aliphatic rings. The molecule has 1 aliphatic carbocycles. The van der Waals surface area contributed by atoms with E-state index in [-0.39, 0.29) is 5.02 Å². The first-order chi connectivity index (χ1) is 9.58. The van der Waals surface area contributed by atoms with Crippen molar-refractivity contribution in [1.29, 1.82) is 0 Å². The van der Waals surface area contributed by atoms with E-state index < -0.39 is 11.4 Å². The maximum Gasteiger partial charge on any atom is 0.247 e. The van der Waals surface area contributed by atoms with Crippen molar-refractivity contribution in [3.05, 3.63) is 34.9 Å². The lowest BCUT2D eigenvalue weighted by Gasteiger charge is -2.29. The highest BCUT2D eigenvalue weighted by Crippen LogP contribution is 2.34. The lowest BCUT2D eigenvalue weighted by molar-refractivity contribution is 0.220. The third-order valence-corrected chi connectivity index (χ3v) is 4.07. The van der Waals surface area contributed by atoms with Crippen LogP contribution in [0.3, 0.4) is 0 Å². The number of halogens is 2. The van der Waals surface area contributed by atoms with Gasteiger partial charge in [0.1, 0.15) is 5.82 Å². The van der Waals surface area contributed by atoms with Crippen LogP contribution in [0.2, 0.25) is 5.02 Å². The van der Waals surface area contributed by atoms with Crippen molar-refractivity contribution >= 4 is 11.6 Å². The summed E-state index contributed by atoms with van der Waals surface area (Å²) in [4.78, 5) is 4.36. The zero-order chi connectivity index (χ0) is 14.2. The second-order valence-corrected chi connectivity index (χ2v) is 5.68. The van der Waals surface area contributed by atoms with Crippen molar-refractivity contribution in [3.8, 4) is 11.4 Å². The van der Waals surface area contributed by atoms with E-state index in [1.807, 2.05) is 0 Å². The Morgan fingerprint density at radius 2 is 2.00 bits per heavy atom. The molecule has 0 saturated heterocycles. The first-order valence-corrected chi connectivity index (χ1v) is 7.05. The molecule has 0 radical (unpaired) electrons. The third-order valence-electron chi connectivity index (χ3n) is 3.78.